The van der Waals surface area contributed by atoms with Crippen LogP contribution in [0.4, 0.5) is 5.69 Å². The van der Waals surface area contributed by atoms with Gasteiger partial charge in [0.05, 0.1) is 17.7 Å². The van der Waals surface area contributed by atoms with Crippen molar-refractivity contribution in [2.75, 3.05) is 24.5 Å². The zero-order valence-corrected chi connectivity index (χ0v) is 24.9. The molecule has 0 aromatic heterocycles. The molecular formula is C31H39N3O5S. The molecule has 1 N–H and O–H groups in total. The van der Waals surface area contributed by atoms with Crippen LogP contribution >= 0.6 is 0 Å². The van der Waals surface area contributed by atoms with E-state index in [4.69, 9.17) is 4.74 Å². The zero-order valence-electron chi connectivity index (χ0n) is 24.1. The molecule has 0 aliphatic heterocycles. The summed E-state index contributed by atoms with van der Waals surface area (Å²) in [5.41, 5.74) is 3.79. The summed E-state index contributed by atoms with van der Waals surface area (Å²) in [5.74, 6) is -0.500. The number of carbonyl (C=O) groups excluding carboxylic acids is 2. The van der Waals surface area contributed by atoms with E-state index in [0.29, 0.717) is 12.3 Å². The van der Waals surface area contributed by atoms with Gasteiger partial charge in [-0.25, -0.2) is 8.42 Å². The third-order valence-corrected chi connectivity index (χ3v) is 8.58. The number of nitrogens with one attached hydrogen (secondary N) is 1. The molecule has 3 rings (SSSR count). The van der Waals surface area contributed by atoms with Gasteiger partial charge >= 0.3 is 0 Å². The van der Waals surface area contributed by atoms with Crippen LogP contribution in [0.3, 0.4) is 0 Å². The smallest absolute Gasteiger partial charge is 0.264 e. The van der Waals surface area contributed by atoms with E-state index in [9.17, 15) is 18.0 Å². The van der Waals surface area contributed by atoms with Gasteiger partial charge in [-0.1, -0.05) is 55.0 Å². The molecule has 0 aliphatic rings. The summed E-state index contributed by atoms with van der Waals surface area (Å²) in [6.07, 6.45) is 0.750. The van der Waals surface area contributed by atoms with Crippen molar-refractivity contribution < 1.29 is 22.7 Å². The van der Waals surface area contributed by atoms with E-state index >= 15 is 0 Å². The number of nitrogens with zero attached hydrogens (tertiary/aromatic N) is 2. The van der Waals surface area contributed by atoms with Crippen LogP contribution in [0.25, 0.3) is 0 Å². The Morgan fingerprint density at radius 3 is 2.23 bits per heavy atom. The lowest BCUT2D eigenvalue weighted by molar-refractivity contribution is -0.139. The SMILES string of the molecule is CCCNC(=O)C(C)N(Cc1ccccc1C)C(=O)CN(c1cc(C)ccc1OC)S(=O)(=O)c1ccc(C)cc1. The van der Waals surface area contributed by atoms with E-state index in [1.54, 1.807) is 31.2 Å². The molecule has 214 valence electrons. The number of amides is 2. The average Bonchev–Trinajstić information content (AvgIpc) is 2.93. The average molecular weight is 566 g/mol. The van der Waals surface area contributed by atoms with Gasteiger partial charge in [0.25, 0.3) is 10.0 Å². The van der Waals surface area contributed by atoms with Crippen molar-refractivity contribution in [1.29, 1.82) is 0 Å². The van der Waals surface area contributed by atoms with Gasteiger partial charge in [0, 0.05) is 13.1 Å². The van der Waals surface area contributed by atoms with Crippen LogP contribution in [0.5, 0.6) is 5.75 Å². The van der Waals surface area contributed by atoms with Crippen LogP contribution in [0.15, 0.2) is 71.6 Å². The van der Waals surface area contributed by atoms with Crippen molar-refractivity contribution in [3.05, 3.63) is 89.0 Å². The molecule has 0 radical (unpaired) electrons. The Morgan fingerprint density at radius 1 is 0.950 bits per heavy atom. The molecular weight excluding hydrogens is 526 g/mol. The molecule has 9 heteroatoms. The highest BCUT2D eigenvalue weighted by Crippen LogP contribution is 2.34. The van der Waals surface area contributed by atoms with Gasteiger partial charge in [0.15, 0.2) is 0 Å². The van der Waals surface area contributed by atoms with E-state index < -0.39 is 28.5 Å². The standard InChI is InChI=1S/C31H39N3O5S/c1-7-18-32-31(36)25(5)33(20-26-11-9-8-10-24(26)4)30(35)21-34(28-19-23(3)14-17-29(28)39-6)40(37,38)27-15-12-22(2)13-16-27/h8-17,19,25H,7,18,20-21H2,1-6H3,(H,32,36). The van der Waals surface area contributed by atoms with Crippen LogP contribution in [0.1, 0.15) is 42.5 Å². The predicted molar refractivity (Wildman–Crippen MR) is 158 cm³/mol. The third-order valence-electron chi connectivity index (χ3n) is 6.81. The summed E-state index contributed by atoms with van der Waals surface area (Å²) in [4.78, 5) is 28.6. The number of hydrogen-bond donors (Lipinski definition) is 1. The first-order valence-electron chi connectivity index (χ1n) is 13.3. The van der Waals surface area contributed by atoms with Crippen molar-refractivity contribution in [2.24, 2.45) is 0 Å². The number of ether oxygens (including phenoxy) is 1. The van der Waals surface area contributed by atoms with Crippen LogP contribution in [-0.2, 0) is 26.2 Å². The normalized spacial score (nSPS) is 11.9. The van der Waals surface area contributed by atoms with Crippen LogP contribution in [-0.4, -0.2) is 51.4 Å². The van der Waals surface area contributed by atoms with Crippen molar-refractivity contribution in [2.45, 2.75) is 58.5 Å². The van der Waals surface area contributed by atoms with Gasteiger partial charge in [-0.2, -0.15) is 0 Å². The van der Waals surface area contributed by atoms with Gasteiger partial charge in [0.2, 0.25) is 11.8 Å². The van der Waals surface area contributed by atoms with Gasteiger partial charge in [0.1, 0.15) is 18.3 Å². The molecule has 0 aliphatic carbocycles. The van der Waals surface area contributed by atoms with Crippen LogP contribution in [0.2, 0.25) is 0 Å². The van der Waals surface area contributed by atoms with Gasteiger partial charge < -0.3 is 15.0 Å². The van der Waals surface area contributed by atoms with Crippen molar-refractivity contribution >= 4 is 27.5 Å². The lowest BCUT2D eigenvalue weighted by Crippen LogP contribution is -2.51. The summed E-state index contributed by atoms with van der Waals surface area (Å²) in [6.45, 7) is 9.36. The molecule has 3 aromatic carbocycles. The fraction of sp³-hybridized carbons (Fsp3) is 0.355. The minimum absolute atomic E-state index is 0.0497. The Kier molecular flexibility index (Phi) is 10.3. The highest BCUT2D eigenvalue weighted by Gasteiger charge is 2.34. The highest BCUT2D eigenvalue weighted by atomic mass is 32.2. The van der Waals surface area contributed by atoms with Gasteiger partial charge in [-0.15, -0.1) is 0 Å². The van der Waals surface area contributed by atoms with Gasteiger partial charge in [-0.3, -0.25) is 13.9 Å². The maximum absolute atomic E-state index is 14.1. The molecule has 0 heterocycles. The number of methoxy groups -OCH3 is 1. The maximum Gasteiger partial charge on any atom is 0.264 e. The summed E-state index contributed by atoms with van der Waals surface area (Å²) in [5, 5.41) is 2.86. The molecule has 0 saturated heterocycles. The minimum Gasteiger partial charge on any atom is -0.495 e. The second kappa shape index (κ2) is 13.5. The second-order valence-corrected chi connectivity index (χ2v) is 11.8. The highest BCUT2D eigenvalue weighted by molar-refractivity contribution is 7.92. The van der Waals surface area contributed by atoms with Crippen LogP contribution in [0, 0.1) is 20.8 Å². The number of benzene rings is 3. The number of hydrogen-bond acceptors (Lipinski definition) is 5. The number of carbonyl (C=O) groups is 2. The molecule has 0 bridgehead atoms. The van der Waals surface area contributed by atoms with Crippen molar-refractivity contribution in [3.63, 3.8) is 0 Å². The third kappa shape index (κ3) is 7.21. The Morgan fingerprint density at radius 2 is 1.60 bits per heavy atom. The van der Waals surface area contributed by atoms with Gasteiger partial charge in [-0.05, 0) is 75.1 Å². The predicted octanol–water partition coefficient (Wildman–Crippen LogP) is 4.76. The first-order valence-corrected chi connectivity index (χ1v) is 14.8. The summed E-state index contributed by atoms with van der Waals surface area (Å²) in [6, 6.07) is 18.4. The summed E-state index contributed by atoms with van der Waals surface area (Å²) < 4.78 is 34.7. The number of anilines is 1. The van der Waals surface area contributed by atoms with Crippen molar-refractivity contribution in [1.82, 2.24) is 10.2 Å². The van der Waals surface area contributed by atoms with E-state index in [2.05, 4.69) is 5.32 Å². The largest absolute Gasteiger partial charge is 0.495 e. The lowest BCUT2D eigenvalue weighted by Gasteiger charge is -2.32. The van der Waals surface area contributed by atoms with E-state index in [0.717, 1.165) is 33.0 Å². The Balaban J connectivity index is 2.10. The maximum atomic E-state index is 14.1. The first kappa shape index (κ1) is 30.7. The summed E-state index contributed by atoms with van der Waals surface area (Å²) >= 11 is 0. The molecule has 1 atom stereocenters. The van der Waals surface area contributed by atoms with Crippen molar-refractivity contribution in [3.8, 4) is 5.75 Å². The van der Waals surface area contributed by atoms with E-state index in [1.807, 2.05) is 58.0 Å². The minimum atomic E-state index is -4.18. The number of rotatable bonds is 12. The molecule has 0 fully saturated rings. The second-order valence-electron chi connectivity index (χ2n) is 9.92. The lowest BCUT2D eigenvalue weighted by atomic mass is 10.1. The Bertz CT molecular complexity index is 1440. The molecule has 0 saturated carbocycles. The van der Waals surface area contributed by atoms with E-state index in [1.165, 1.54) is 24.1 Å². The fourth-order valence-electron chi connectivity index (χ4n) is 4.30. The topological polar surface area (TPSA) is 96.0 Å². The quantitative estimate of drug-likeness (QED) is 0.342. The first-order chi connectivity index (χ1) is 19.0. The molecule has 40 heavy (non-hydrogen) atoms. The molecule has 1 unspecified atom stereocenters. The summed E-state index contributed by atoms with van der Waals surface area (Å²) in [7, 11) is -2.73. The van der Waals surface area contributed by atoms with E-state index in [-0.39, 0.29) is 23.0 Å². The molecule has 0 spiro atoms. The monoisotopic (exact) mass is 565 g/mol. The molecule has 3 aromatic rings. The van der Waals surface area contributed by atoms with Crippen LogP contribution < -0.4 is 14.4 Å². The number of aryl methyl sites for hydroxylation is 3. The fourth-order valence-corrected chi connectivity index (χ4v) is 5.71. The molecule has 8 nitrogen and oxygen atoms in total. The molecule has 2 amide bonds. The Hall–Kier alpha value is -3.85. The zero-order chi connectivity index (χ0) is 29.4. The Labute approximate surface area is 238 Å². The number of sulfonamides is 1.